The maximum absolute atomic E-state index is 12.1. The van der Waals surface area contributed by atoms with Crippen molar-refractivity contribution < 1.29 is 17.3 Å². The summed E-state index contributed by atoms with van der Waals surface area (Å²) < 4.78 is 35.1. The number of anilines is 1. The fourth-order valence-corrected chi connectivity index (χ4v) is 3.33. The van der Waals surface area contributed by atoms with Crippen molar-refractivity contribution in [2.45, 2.75) is 24.3 Å². The third-order valence-electron chi connectivity index (χ3n) is 3.58. The molecule has 2 aromatic rings. The maximum atomic E-state index is 12.1. The summed E-state index contributed by atoms with van der Waals surface area (Å²) in [6.45, 7) is 1.86. The van der Waals surface area contributed by atoms with E-state index in [-0.39, 0.29) is 17.6 Å². The van der Waals surface area contributed by atoms with Gasteiger partial charge in [-0.2, -0.15) is 8.42 Å². The van der Waals surface area contributed by atoms with Crippen LogP contribution in [-0.2, 0) is 20.7 Å². The topological polar surface area (TPSA) is 78.6 Å². The summed E-state index contributed by atoms with van der Waals surface area (Å²) >= 11 is 0. The van der Waals surface area contributed by atoms with Crippen molar-refractivity contribution >= 4 is 15.8 Å². The Hall–Kier alpha value is -2.05. The van der Waals surface area contributed by atoms with Crippen molar-refractivity contribution in [1.29, 1.82) is 0 Å². The van der Waals surface area contributed by atoms with Gasteiger partial charge in [0.25, 0.3) is 10.1 Å². The third kappa shape index (κ3) is 2.93. The minimum absolute atomic E-state index is 0.0374. The number of para-hydroxylation sites is 1. The van der Waals surface area contributed by atoms with Gasteiger partial charge in [-0.1, -0.05) is 29.8 Å². The molecule has 0 saturated heterocycles. The Kier molecular flexibility index (Phi) is 3.80. The Morgan fingerprint density at radius 3 is 2.64 bits per heavy atom. The van der Waals surface area contributed by atoms with Gasteiger partial charge in [-0.25, -0.2) is 0 Å². The molecule has 0 radical (unpaired) electrons. The molecule has 3 rings (SSSR count). The standard InChI is InChI=1S/C16H17NO4S/c1-11-5-7-14(8-6-11)22(18,19)20-10-13-9-12-3-2-4-15(17)16(12)21-13/h2-8,13H,9-10,17H2,1H3. The van der Waals surface area contributed by atoms with Crippen LogP contribution in [-0.4, -0.2) is 21.1 Å². The average molecular weight is 319 g/mol. The van der Waals surface area contributed by atoms with Gasteiger partial charge >= 0.3 is 0 Å². The van der Waals surface area contributed by atoms with E-state index in [2.05, 4.69) is 0 Å². The molecular formula is C16H17NO4S. The summed E-state index contributed by atoms with van der Waals surface area (Å²) in [4.78, 5) is 0.146. The molecule has 0 bridgehead atoms. The number of ether oxygens (including phenoxy) is 1. The lowest BCUT2D eigenvalue weighted by molar-refractivity contribution is 0.153. The van der Waals surface area contributed by atoms with E-state index in [1.54, 1.807) is 18.2 Å². The van der Waals surface area contributed by atoms with Crippen LogP contribution in [0, 0.1) is 6.92 Å². The van der Waals surface area contributed by atoms with E-state index in [0.717, 1.165) is 11.1 Å². The second-order valence-corrected chi connectivity index (χ2v) is 6.95. The van der Waals surface area contributed by atoms with E-state index in [1.807, 2.05) is 19.1 Å². The maximum Gasteiger partial charge on any atom is 0.297 e. The molecule has 0 fully saturated rings. The summed E-state index contributed by atoms with van der Waals surface area (Å²) in [7, 11) is -3.77. The smallest absolute Gasteiger partial charge is 0.297 e. The van der Waals surface area contributed by atoms with Gasteiger partial charge < -0.3 is 10.5 Å². The Labute approximate surface area is 129 Å². The zero-order chi connectivity index (χ0) is 15.7. The van der Waals surface area contributed by atoms with Crippen molar-refractivity contribution in [3.8, 4) is 5.75 Å². The van der Waals surface area contributed by atoms with Gasteiger partial charge in [0.05, 0.1) is 10.6 Å². The van der Waals surface area contributed by atoms with E-state index in [4.69, 9.17) is 14.7 Å². The number of fused-ring (bicyclic) bond motifs is 1. The molecule has 6 heteroatoms. The van der Waals surface area contributed by atoms with Gasteiger partial charge in [-0.15, -0.1) is 0 Å². The molecule has 1 aliphatic rings. The first kappa shape index (κ1) is 14.9. The first-order valence-corrected chi connectivity index (χ1v) is 8.36. The van der Waals surface area contributed by atoms with E-state index in [9.17, 15) is 8.42 Å². The Bertz CT molecular complexity index is 784. The summed E-state index contributed by atoms with van der Waals surface area (Å²) in [5, 5.41) is 0. The second-order valence-electron chi connectivity index (χ2n) is 5.33. The molecule has 1 atom stereocenters. The summed E-state index contributed by atoms with van der Waals surface area (Å²) in [5.74, 6) is 0.629. The number of hydrogen-bond acceptors (Lipinski definition) is 5. The van der Waals surface area contributed by atoms with Gasteiger partial charge in [-0.3, -0.25) is 4.18 Å². The second kappa shape index (κ2) is 5.62. The highest BCUT2D eigenvalue weighted by molar-refractivity contribution is 7.86. The zero-order valence-electron chi connectivity index (χ0n) is 12.2. The minimum Gasteiger partial charge on any atom is -0.485 e. The third-order valence-corrected chi connectivity index (χ3v) is 4.87. The molecule has 116 valence electrons. The van der Waals surface area contributed by atoms with Crippen molar-refractivity contribution in [2.75, 3.05) is 12.3 Å². The molecule has 2 N–H and O–H groups in total. The Morgan fingerprint density at radius 2 is 1.95 bits per heavy atom. The number of rotatable bonds is 4. The van der Waals surface area contributed by atoms with Crippen molar-refractivity contribution in [2.24, 2.45) is 0 Å². The number of nitrogens with two attached hydrogens (primary N) is 1. The van der Waals surface area contributed by atoms with E-state index in [1.165, 1.54) is 12.1 Å². The van der Waals surface area contributed by atoms with Gasteiger partial charge in [0, 0.05) is 12.0 Å². The SMILES string of the molecule is Cc1ccc(S(=O)(=O)OCC2Cc3cccc(N)c3O2)cc1. The average Bonchev–Trinajstić information content (AvgIpc) is 2.90. The van der Waals surface area contributed by atoms with Crippen molar-refractivity contribution in [3.05, 3.63) is 53.6 Å². The lowest BCUT2D eigenvalue weighted by atomic mass is 10.1. The molecule has 1 unspecified atom stereocenters. The molecular weight excluding hydrogens is 302 g/mol. The van der Waals surface area contributed by atoms with Gasteiger partial charge in [0.15, 0.2) is 0 Å². The van der Waals surface area contributed by atoms with Crippen LogP contribution in [0.3, 0.4) is 0 Å². The monoisotopic (exact) mass is 319 g/mol. The molecule has 1 aliphatic heterocycles. The molecule has 0 amide bonds. The fourth-order valence-electron chi connectivity index (χ4n) is 2.39. The molecule has 1 heterocycles. The van der Waals surface area contributed by atoms with Crippen LogP contribution in [0.4, 0.5) is 5.69 Å². The largest absolute Gasteiger partial charge is 0.485 e. The molecule has 0 aliphatic carbocycles. The molecule has 5 nitrogen and oxygen atoms in total. The first-order chi connectivity index (χ1) is 10.5. The molecule has 0 spiro atoms. The first-order valence-electron chi connectivity index (χ1n) is 6.96. The predicted molar refractivity (Wildman–Crippen MR) is 83.3 cm³/mol. The van der Waals surface area contributed by atoms with Crippen molar-refractivity contribution in [3.63, 3.8) is 0 Å². The van der Waals surface area contributed by atoms with Crippen LogP contribution in [0.1, 0.15) is 11.1 Å². The minimum atomic E-state index is -3.77. The quantitative estimate of drug-likeness (QED) is 0.691. The van der Waals surface area contributed by atoms with Crippen LogP contribution >= 0.6 is 0 Å². The highest BCUT2D eigenvalue weighted by atomic mass is 32.2. The fraction of sp³-hybridized carbons (Fsp3) is 0.250. The molecule has 0 saturated carbocycles. The van der Waals surface area contributed by atoms with Crippen LogP contribution in [0.2, 0.25) is 0 Å². The predicted octanol–water partition coefficient (Wildman–Crippen LogP) is 2.29. The number of hydrogen-bond donors (Lipinski definition) is 1. The Morgan fingerprint density at radius 1 is 1.23 bits per heavy atom. The molecule has 2 aromatic carbocycles. The van der Waals surface area contributed by atoms with E-state index >= 15 is 0 Å². The summed E-state index contributed by atoms with van der Waals surface area (Å²) in [6, 6.07) is 12.1. The van der Waals surface area contributed by atoms with E-state index < -0.39 is 10.1 Å². The van der Waals surface area contributed by atoms with Gasteiger partial charge in [0.2, 0.25) is 0 Å². The van der Waals surface area contributed by atoms with Crippen LogP contribution in [0.15, 0.2) is 47.4 Å². The number of nitrogen functional groups attached to an aromatic ring is 1. The number of benzene rings is 2. The molecule has 22 heavy (non-hydrogen) atoms. The lowest BCUT2D eigenvalue weighted by Gasteiger charge is -2.12. The van der Waals surface area contributed by atoms with Gasteiger partial charge in [0.1, 0.15) is 18.5 Å². The van der Waals surface area contributed by atoms with Crippen LogP contribution < -0.4 is 10.5 Å². The highest BCUT2D eigenvalue weighted by Crippen LogP contribution is 2.34. The molecule has 0 aromatic heterocycles. The van der Waals surface area contributed by atoms with Crippen LogP contribution in [0.25, 0.3) is 0 Å². The van der Waals surface area contributed by atoms with E-state index in [0.29, 0.717) is 17.9 Å². The number of aryl methyl sites for hydroxylation is 1. The zero-order valence-corrected chi connectivity index (χ0v) is 13.0. The Balaban J connectivity index is 1.67. The van der Waals surface area contributed by atoms with Crippen molar-refractivity contribution in [1.82, 2.24) is 0 Å². The van der Waals surface area contributed by atoms with Crippen LogP contribution in [0.5, 0.6) is 5.75 Å². The van der Waals surface area contributed by atoms with Gasteiger partial charge in [-0.05, 0) is 25.1 Å². The highest BCUT2D eigenvalue weighted by Gasteiger charge is 2.27. The lowest BCUT2D eigenvalue weighted by Crippen LogP contribution is -2.23. The summed E-state index contributed by atoms with van der Waals surface area (Å²) in [6.07, 6.45) is 0.240. The normalized spacial score (nSPS) is 17.0. The summed E-state index contributed by atoms with van der Waals surface area (Å²) in [5.41, 5.74) is 8.36.